The van der Waals surface area contributed by atoms with Crippen molar-refractivity contribution >= 4 is 11.9 Å². The predicted octanol–water partition coefficient (Wildman–Crippen LogP) is 5.61. The number of nitrogens with zero attached hydrogens (tertiary/aromatic N) is 1. The zero-order valence-corrected chi connectivity index (χ0v) is 21.0. The predicted molar refractivity (Wildman–Crippen MR) is 141 cm³/mol. The van der Waals surface area contributed by atoms with E-state index in [1.54, 1.807) is 36.4 Å². The molecule has 2 aliphatic rings. The van der Waals surface area contributed by atoms with Gasteiger partial charge in [-0.25, -0.2) is 9.18 Å². The SMILES string of the molecule is NC(=O)C1c2ccc(CN3CCCCCC3)cc2CCC1OC(=O)c1ccc(-c2ccc(F)cc2)cc1. The number of hydrogen-bond donors (Lipinski definition) is 1. The molecule has 0 radical (unpaired) electrons. The van der Waals surface area contributed by atoms with Crippen molar-refractivity contribution < 1.29 is 18.7 Å². The van der Waals surface area contributed by atoms with Crippen LogP contribution in [0.5, 0.6) is 0 Å². The molecule has 0 aromatic heterocycles. The number of esters is 1. The van der Waals surface area contributed by atoms with Gasteiger partial charge >= 0.3 is 5.97 Å². The van der Waals surface area contributed by atoms with E-state index < -0.39 is 23.9 Å². The summed E-state index contributed by atoms with van der Waals surface area (Å²) in [6.07, 6.45) is 5.78. The Hall–Kier alpha value is -3.51. The number of halogens is 1. The smallest absolute Gasteiger partial charge is 0.338 e. The van der Waals surface area contributed by atoms with Gasteiger partial charge in [-0.3, -0.25) is 9.69 Å². The molecule has 3 aromatic carbocycles. The zero-order chi connectivity index (χ0) is 25.8. The van der Waals surface area contributed by atoms with Gasteiger partial charge in [0.15, 0.2) is 0 Å². The van der Waals surface area contributed by atoms with Gasteiger partial charge in [-0.2, -0.15) is 0 Å². The van der Waals surface area contributed by atoms with Crippen molar-refractivity contribution in [2.75, 3.05) is 13.1 Å². The molecular weight excluding hydrogens is 467 g/mol. The van der Waals surface area contributed by atoms with Crippen molar-refractivity contribution in [3.05, 3.63) is 94.8 Å². The number of carbonyl (C=O) groups is 2. The van der Waals surface area contributed by atoms with Gasteiger partial charge in [-0.05, 0) is 90.9 Å². The van der Waals surface area contributed by atoms with Gasteiger partial charge < -0.3 is 10.5 Å². The minimum atomic E-state index is -0.668. The molecule has 1 amide bonds. The first-order chi connectivity index (χ1) is 18.0. The second kappa shape index (κ2) is 11.3. The Morgan fingerprint density at radius 3 is 2.19 bits per heavy atom. The molecule has 192 valence electrons. The highest BCUT2D eigenvalue weighted by Gasteiger charge is 2.36. The number of likely N-dealkylation sites (tertiary alicyclic amines) is 1. The first-order valence-corrected chi connectivity index (χ1v) is 13.2. The van der Waals surface area contributed by atoms with Crippen LogP contribution in [0.3, 0.4) is 0 Å². The quantitative estimate of drug-likeness (QED) is 0.447. The maximum absolute atomic E-state index is 13.2. The molecule has 0 bridgehead atoms. The number of aryl methyl sites for hydroxylation is 1. The van der Waals surface area contributed by atoms with Crippen molar-refractivity contribution in [1.29, 1.82) is 0 Å². The fraction of sp³-hybridized carbons (Fsp3) is 0.355. The lowest BCUT2D eigenvalue weighted by Gasteiger charge is -2.32. The van der Waals surface area contributed by atoms with Crippen LogP contribution in [0.15, 0.2) is 66.7 Å². The molecule has 5 rings (SSSR count). The summed E-state index contributed by atoms with van der Waals surface area (Å²) in [5, 5.41) is 0. The van der Waals surface area contributed by atoms with Crippen molar-refractivity contribution in [3.63, 3.8) is 0 Å². The van der Waals surface area contributed by atoms with Crippen molar-refractivity contribution in [2.24, 2.45) is 5.73 Å². The van der Waals surface area contributed by atoms with Crippen LogP contribution in [-0.4, -0.2) is 36.0 Å². The molecule has 2 unspecified atom stereocenters. The van der Waals surface area contributed by atoms with Crippen LogP contribution in [0, 0.1) is 5.82 Å². The van der Waals surface area contributed by atoms with Crippen LogP contribution < -0.4 is 5.73 Å². The Morgan fingerprint density at radius 1 is 0.892 bits per heavy atom. The molecule has 5 nitrogen and oxygen atoms in total. The normalized spacial score (nSPS) is 20.0. The van der Waals surface area contributed by atoms with Crippen LogP contribution in [-0.2, 0) is 22.5 Å². The monoisotopic (exact) mass is 500 g/mol. The molecular formula is C31H33FN2O3. The Morgan fingerprint density at radius 2 is 1.54 bits per heavy atom. The van der Waals surface area contributed by atoms with E-state index >= 15 is 0 Å². The summed E-state index contributed by atoms with van der Waals surface area (Å²) in [6, 6.07) is 19.4. The second-order valence-corrected chi connectivity index (χ2v) is 10.2. The van der Waals surface area contributed by atoms with Gasteiger partial charge in [0, 0.05) is 6.54 Å². The Bertz CT molecular complexity index is 1250. The molecule has 37 heavy (non-hydrogen) atoms. The van der Waals surface area contributed by atoms with Gasteiger partial charge in [0.25, 0.3) is 0 Å². The van der Waals surface area contributed by atoms with E-state index in [0.717, 1.165) is 48.3 Å². The van der Waals surface area contributed by atoms with Gasteiger partial charge in [0.05, 0.1) is 11.5 Å². The van der Waals surface area contributed by atoms with Crippen LogP contribution in [0.4, 0.5) is 4.39 Å². The van der Waals surface area contributed by atoms with E-state index in [9.17, 15) is 14.0 Å². The number of carbonyl (C=O) groups excluding carboxylic acids is 2. The van der Waals surface area contributed by atoms with Gasteiger partial charge in [-0.1, -0.05) is 55.3 Å². The van der Waals surface area contributed by atoms with Gasteiger partial charge in [0.1, 0.15) is 11.9 Å². The summed E-state index contributed by atoms with van der Waals surface area (Å²) in [5.74, 6) is -1.93. The average molecular weight is 501 g/mol. The zero-order valence-electron chi connectivity index (χ0n) is 21.0. The lowest BCUT2D eigenvalue weighted by molar-refractivity contribution is -0.122. The first kappa shape index (κ1) is 25.2. The number of nitrogens with two attached hydrogens (primary N) is 1. The van der Waals surface area contributed by atoms with Gasteiger partial charge in [-0.15, -0.1) is 0 Å². The molecule has 0 saturated carbocycles. The standard InChI is InChI=1S/C31H33FN2O3/c32-26-13-10-23(11-14-26)22-6-8-24(9-7-22)31(36)37-28-16-12-25-19-21(5-15-27(25)29(28)30(33)35)20-34-17-3-1-2-4-18-34/h5-11,13-15,19,28-29H,1-4,12,16-18,20H2,(H2,33,35). The second-order valence-electron chi connectivity index (χ2n) is 10.2. The molecule has 1 heterocycles. The number of rotatable bonds is 6. The maximum atomic E-state index is 13.2. The minimum Gasteiger partial charge on any atom is -0.458 e. The number of benzene rings is 3. The molecule has 1 aliphatic carbocycles. The maximum Gasteiger partial charge on any atom is 0.338 e. The summed E-state index contributed by atoms with van der Waals surface area (Å²) in [6.45, 7) is 3.18. The minimum absolute atomic E-state index is 0.296. The molecule has 1 fully saturated rings. The van der Waals surface area contributed by atoms with Crippen LogP contribution >= 0.6 is 0 Å². The number of primary amides is 1. The molecule has 2 atom stereocenters. The van der Waals surface area contributed by atoms with Crippen LogP contribution in [0.1, 0.15) is 65.1 Å². The summed E-state index contributed by atoms with van der Waals surface area (Å²) in [7, 11) is 0. The lowest BCUT2D eigenvalue weighted by Crippen LogP contribution is -2.38. The largest absolute Gasteiger partial charge is 0.458 e. The Kier molecular flexibility index (Phi) is 7.65. The number of fused-ring (bicyclic) bond motifs is 1. The summed E-state index contributed by atoms with van der Waals surface area (Å²) < 4.78 is 19.0. The average Bonchev–Trinajstić information content (AvgIpc) is 3.17. The van der Waals surface area contributed by atoms with E-state index in [-0.39, 0.29) is 5.82 Å². The summed E-state index contributed by atoms with van der Waals surface area (Å²) in [5.41, 5.74) is 11.2. The molecule has 6 heteroatoms. The fourth-order valence-corrected chi connectivity index (χ4v) is 5.60. The van der Waals surface area contributed by atoms with Crippen molar-refractivity contribution in [2.45, 2.75) is 57.1 Å². The van der Waals surface area contributed by atoms with E-state index in [0.29, 0.717) is 12.0 Å². The number of ether oxygens (including phenoxy) is 1. The third-order valence-electron chi connectivity index (χ3n) is 7.58. The van der Waals surface area contributed by atoms with E-state index in [1.165, 1.54) is 43.4 Å². The topological polar surface area (TPSA) is 72.6 Å². The highest BCUT2D eigenvalue weighted by Crippen LogP contribution is 2.35. The highest BCUT2D eigenvalue weighted by molar-refractivity contribution is 5.91. The fourth-order valence-electron chi connectivity index (χ4n) is 5.60. The number of hydrogen-bond acceptors (Lipinski definition) is 4. The molecule has 1 aliphatic heterocycles. The molecule has 0 spiro atoms. The number of amides is 1. The third-order valence-corrected chi connectivity index (χ3v) is 7.58. The summed E-state index contributed by atoms with van der Waals surface area (Å²) in [4.78, 5) is 28.0. The molecule has 3 aromatic rings. The lowest BCUT2D eigenvalue weighted by atomic mass is 9.79. The van der Waals surface area contributed by atoms with Crippen LogP contribution in [0.25, 0.3) is 11.1 Å². The van der Waals surface area contributed by atoms with E-state index in [4.69, 9.17) is 10.5 Å². The van der Waals surface area contributed by atoms with Crippen molar-refractivity contribution in [3.8, 4) is 11.1 Å². The Labute approximate surface area is 217 Å². The van der Waals surface area contributed by atoms with E-state index in [1.807, 2.05) is 6.07 Å². The summed E-state index contributed by atoms with van der Waals surface area (Å²) >= 11 is 0. The van der Waals surface area contributed by atoms with Crippen molar-refractivity contribution in [1.82, 2.24) is 4.90 Å². The first-order valence-electron chi connectivity index (χ1n) is 13.2. The Balaban J connectivity index is 1.28. The molecule has 2 N–H and O–H groups in total. The van der Waals surface area contributed by atoms with Crippen LogP contribution in [0.2, 0.25) is 0 Å². The third kappa shape index (κ3) is 5.91. The molecule has 1 saturated heterocycles. The van der Waals surface area contributed by atoms with Gasteiger partial charge in [0.2, 0.25) is 5.91 Å². The van der Waals surface area contributed by atoms with E-state index in [2.05, 4.69) is 17.0 Å². The highest BCUT2D eigenvalue weighted by atomic mass is 19.1.